The first kappa shape index (κ1) is 17.6. The Morgan fingerprint density at radius 2 is 1.92 bits per heavy atom. The molecule has 1 amide bonds. The maximum Gasteiger partial charge on any atom is 0.274 e. The van der Waals surface area contributed by atoms with Crippen molar-refractivity contribution in [2.45, 2.75) is 19.4 Å². The first-order chi connectivity index (χ1) is 11.8. The van der Waals surface area contributed by atoms with Crippen molar-refractivity contribution in [3.8, 4) is 11.3 Å². The SMILES string of the molecule is Cc1onc(-c2ccccc2)c1C(=O)N(C1CCS(=O)(=O)C1)N(C)C. The number of nitrogens with zero attached hydrogens (tertiary/aromatic N) is 3. The quantitative estimate of drug-likeness (QED) is 0.770. The second-order valence-corrected chi connectivity index (χ2v) is 8.61. The van der Waals surface area contributed by atoms with Crippen LogP contribution in [0.1, 0.15) is 22.5 Å². The number of hydrazine groups is 1. The van der Waals surface area contributed by atoms with Gasteiger partial charge in [0.1, 0.15) is 17.0 Å². The minimum atomic E-state index is -3.11. The number of rotatable bonds is 4. The molecule has 0 saturated carbocycles. The normalized spacial score (nSPS) is 19.3. The van der Waals surface area contributed by atoms with Crippen molar-refractivity contribution in [3.05, 3.63) is 41.7 Å². The fourth-order valence-corrected chi connectivity index (χ4v) is 4.87. The fraction of sp³-hybridized carbons (Fsp3) is 0.412. The Morgan fingerprint density at radius 1 is 1.24 bits per heavy atom. The van der Waals surface area contributed by atoms with Crippen LogP contribution in [0.4, 0.5) is 0 Å². The number of aryl methyl sites for hydroxylation is 1. The number of hydrogen-bond donors (Lipinski definition) is 0. The van der Waals surface area contributed by atoms with Crippen LogP contribution in [-0.2, 0) is 9.84 Å². The van der Waals surface area contributed by atoms with Crippen molar-refractivity contribution in [2.24, 2.45) is 0 Å². The molecule has 7 nitrogen and oxygen atoms in total. The van der Waals surface area contributed by atoms with Crippen molar-refractivity contribution >= 4 is 15.7 Å². The number of hydrogen-bond acceptors (Lipinski definition) is 6. The highest BCUT2D eigenvalue weighted by atomic mass is 32.2. The molecule has 1 aromatic carbocycles. The van der Waals surface area contributed by atoms with Gasteiger partial charge in [-0.2, -0.15) is 0 Å². The number of carbonyl (C=O) groups excluding carboxylic acids is 1. The zero-order chi connectivity index (χ0) is 18.2. The van der Waals surface area contributed by atoms with Crippen LogP contribution in [0, 0.1) is 6.92 Å². The van der Waals surface area contributed by atoms with Crippen molar-refractivity contribution in [1.29, 1.82) is 0 Å². The molecule has 3 rings (SSSR count). The van der Waals surface area contributed by atoms with E-state index in [9.17, 15) is 13.2 Å². The third kappa shape index (κ3) is 3.45. The van der Waals surface area contributed by atoms with Gasteiger partial charge in [-0.25, -0.2) is 13.4 Å². The number of amides is 1. The van der Waals surface area contributed by atoms with Gasteiger partial charge in [-0.3, -0.25) is 9.80 Å². The lowest BCUT2D eigenvalue weighted by molar-refractivity contribution is 0.000932. The lowest BCUT2D eigenvalue weighted by Crippen LogP contribution is -2.49. The summed E-state index contributed by atoms with van der Waals surface area (Å²) in [6, 6.07) is 8.93. The molecular weight excluding hydrogens is 342 g/mol. The highest BCUT2D eigenvalue weighted by Gasteiger charge is 2.38. The van der Waals surface area contributed by atoms with Crippen LogP contribution in [0.25, 0.3) is 11.3 Å². The maximum atomic E-state index is 13.2. The monoisotopic (exact) mass is 363 g/mol. The molecule has 25 heavy (non-hydrogen) atoms. The summed E-state index contributed by atoms with van der Waals surface area (Å²) in [5.41, 5.74) is 1.61. The molecule has 0 N–H and O–H groups in total. The summed E-state index contributed by atoms with van der Waals surface area (Å²) in [7, 11) is 0.352. The van der Waals surface area contributed by atoms with Gasteiger partial charge in [0.2, 0.25) is 0 Å². The van der Waals surface area contributed by atoms with Gasteiger partial charge in [0, 0.05) is 19.7 Å². The van der Waals surface area contributed by atoms with Crippen molar-refractivity contribution in [3.63, 3.8) is 0 Å². The van der Waals surface area contributed by atoms with Crippen LogP contribution in [0.5, 0.6) is 0 Å². The van der Waals surface area contributed by atoms with Gasteiger partial charge >= 0.3 is 0 Å². The molecule has 1 atom stereocenters. The molecule has 0 bridgehead atoms. The number of sulfone groups is 1. The minimum absolute atomic E-state index is 0.0259. The second kappa shape index (κ2) is 6.61. The van der Waals surface area contributed by atoms with Crippen LogP contribution >= 0.6 is 0 Å². The number of benzene rings is 1. The van der Waals surface area contributed by atoms with Gasteiger partial charge in [0.25, 0.3) is 5.91 Å². The van der Waals surface area contributed by atoms with E-state index in [4.69, 9.17) is 4.52 Å². The Bertz CT molecular complexity index is 875. The number of carbonyl (C=O) groups is 1. The lowest BCUT2D eigenvalue weighted by atomic mass is 10.0. The summed E-state index contributed by atoms with van der Waals surface area (Å²) in [6.45, 7) is 1.69. The van der Waals surface area contributed by atoms with Crippen molar-refractivity contribution < 1.29 is 17.7 Å². The van der Waals surface area contributed by atoms with E-state index < -0.39 is 9.84 Å². The highest BCUT2D eigenvalue weighted by molar-refractivity contribution is 7.91. The summed E-state index contributed by atoms with van der Waals surface area (Å²) in [6.07, 6.45) is 0.428. The minimum Gasteiger partial charge on any atom is -0.360 e. The molecule has 1 aliphatic rings. The largest absolute Gasteiger partial charge is 0.360 e. The molecule has 8 heteroatoms. The Kier molecular flexibility index (Phi) is 4.66. The second-order valence-electron chi connectivity index (χ2n) is 6.38. The van der Waals surface area contributed by atoms with Crippen molar-refractivity contribution in [1.82, 2.24) is 15.2 Å². The van der Waals surface area contributed by atoms with E-state index in [1.54, 1.807) is 26.0 Å². The van der Waals surface area contributed by atoms with Gasteiger partial charge in [-0.15, -0.1) is 0 Å². The van der Waals surface area contributed by atoms with Crippen molar-refractivity contribution in [2.75, 3.05) is 25.6 Å². The Labute approximate surface area is 147 Å². The van der Waals surface area contributed by atoms with E-state index >= 15 is 0 Å². The maximum absolute atomic E-state index is 13.2. The first-order valence-corrected chi connectivity index (χ1v) is 9.85. The van der Waals surface area contributed by atoms with Gasteiger partial charge in [-0.1, -0.05) is 35.5 Å². The highest BCUT2D eigenvalue weighted by Crippen LogP contribution is 2.28. The summed E-state index contributed by atoms with van der Waals surface area (Å²) in [5.74, 6) is 0.187. The Hall–Kier alpha value is -2.19. The average molecular weight is 363 g/mol. The molecular formula is C17H21N3O4S. The fourth-order valence-electron chi connectivity index (χ4n) is 3.17. The lowest BCUT2D eigenvalue weighted by Gasteiger charge is -2.33. The smallest absolute Gasteiger partial charge is 0.274 e. The summed E-state index contributed by atoms with van der Waals surface area (Å²) in [5, 5.41) is 7.18. The van der Waals surface area contributed by atoms with E-state index in [1.165, 1.54) is 5.01 Å². The Balaban J connectivity index is 2.00. The summed E-state index contributed by atoms with van der Waals surface area (Å²) >= 11 is 0. The average Bonchev–Trinajstić information content (AvgIpc) is 3.10. The Morgan fingerprint density at radius 3 is 2.48 bits per heavy atom. The molecule has 0 aliphatic carbocycles. The van der Waals surface area contributed by atoms with Crippen LogP contribution < -0.4 is 0 Å². The zero-order valence-corrected chi connectivity index (χ0v) is 15.3. The van der Waals surface area contributed by atoms with E-state index in [0.717, 1.165) is 5.56 Å². The van der Waals surface area contributed by atoms with Crippen LogP contribution in [0.15, 0.2) is 34.9 Å². The molecule has 1 fully saturated rings. The number of aromatic nitrogens is 1. The van der Waals surface area contributed by atoms with E-state index in [-0.39, 0.29) is 23.5 Å². The predicted octanol–water partition coefficient (Wildman–Crippen LogP) is 1.76. The van der Waals surface area contributed by atoms with Gasteiger partial charge in [0.15, 0.2) is 9.84 Å². The van der Waals surface area contributed by atoms with E-state index in [0.29, 0.717) is 23.4 Å². The predicted molar refractivity (Wildman–Crippen MR) is 93.6 cm³/mol. The van der Waals surface area contributed by atoms with Crippen LogP contribution in [0.3, 0.4) is 0 Å². The molecule has 2 heterocycles. The molecule has 1 aliphatic heterocycles. The van der Waals surface area contributed by atoms with Crippen LogP contribution in [-0.4, -0.2) is 61.1 Å². The first-order valence-electron chi connectivity index (χ1n) is 8.03. The van der Waals surface area contributed by atoms with Gasteiger partial charge < -0.3 is 4.52 Å². The third-order valence-electron chi connectivity index (χ3n) is 4.32. The third-order valence-corrected chi connectivity index (χ3v) is 6.07. The molecule has 134 valence electrons. The van der Waals surface area contributed by atoms with E-state index in [2.05, 4.69) is 5.16 Å². The summed E-state index contributed by atoms with van der Waals surface area (Å²) < 4.78 is 29.0. The van der Waals surface area contributed by atoms with Gasteiger partial charge in [0.05, 0.1) is 17.5 Å². The van der Waals surface area contributed by atoms with E-state index in [1.807, 2.05) is 30.3 Å². The topological polar surface area (TPSA) is 83.7 Å². The summed E-state index contributed by atoms with van der Waals surface area (Å²) in [4.78, 5) is 13.2. The van der Waals surface area contributed by atoms with Crippen LogP contribution in [0.2, 0.25) is 0 Å². The molecule has 0 radical (unpaired) electrons. The molecule has 1 saturated heterocycles. The molecule has 1 aromatic heterocycles. The zero-order valence-electron chi connectivity index (χ0n) is 14.5. The molecule has 1 unspecified atom stereocenters. The molecule has 0 spiro atoms. The molecule has 2 aromatic rings. The van der Waals surface area contributed by atoms with Gasteiger partial charge in [-0.05, 0) is 13.3 Å². The standard InChI is InChI=1S/C17H21N3O4S/c1-12-15(16(18-24-12)13-7-5-4-6-8-13)17(21)20(19(2)3)14-9-10-25(22,23)11-14/h4-8,14H,9-11H2,1-3H3.